The van der Waals surface area contributed by atoms with E-state index in [2.05, 4.69) is 12.2 Å². The summed E-state index contributed by atoms with van der Waals surface area (Å²) in [7, 11) is 0. The third-order valence-corrected chi connectivity index (χ3v) is 1.15. The maximum absolute atomic E-state index is 10.6. The van der Waals surface area contributed by atoms with Gasteiger partial charge in [0.15, 0.2) is 0 Å². The van der Waals surface area contributed by atoms with Crippen LogP contribution in [-0.2, 0) is 9.59 Å². The molecular weight excluding hydrogens is 220 g/mol. The number of hydrogen-bond donors (Lipinski definition) is 5. The van der Waals surface area contributed by atoms with Gasteiger partial charge in [-0.05, 0) is 13.3 Å². The van der Waals surface area contributed by atoms with Crippen molar-refractivity contribution >= 4 is 29.1 Å². The van der Waals surface area contributed by atoms with E-state index in [9.17, 15) is 9.59 Å². The Kier molecular flexibility index (Phi) is 10.0. The van der Waals surface area contributed by atoms with Gasteiger partial charge in [0.2, 0.25) is 0 Å². The molecule has 0 aliphatic heterocycles. The number of carboxylic acid groups (broad SMARTS) is 1. The van der Waals surface area contributed by atoms with Crippen molar-refractivity contribution in [2.75, 3.05) is 0 Å². The Labute approximate surface area is 93.0 Å². The number of hydrazine groups is 1. The smallest absolute Gasteiger partial charge is 0.303 e. The van der Waals surface area contributed by atoms with Crippen LogP contribution >= 0.6 is 12.2 Å². The number of hydrogen-bond acceptors (Lipinski definition) is 5. The van der Waals surface area contributed by atoms with Gasteiger partial charge < -0.3 is 16.6 Å². The van der Waals surface area contributed by atoms with Crippen LogP contribution in [0.5, 0.6) is 0 Å². The topological polar surface area (TPSA) is 144 Å². The molecule has 0 aromatic rings. The van der Waals surface area contributed by atoms with Gasteiger partial charge in [-0.3, -0.25) is 15.0 Å². The quantitative estimate of drug-likeness (QED) is 0.172. The van der Waals surface area contributed by atoms with Crippen molar-refractivity contribution in [3.05, 3.63) is 0 Å². The van der Waals surface area contributed by atoms with E-state index in [1.54, 1.807) is 6.92 Å². The molecule has 15 heavy (non-hydrogen) atoms. The molecule has 7 nitrogen and oxygen atoms in total. The van der Waals surface area contributed by atoms with Gasteiger partial charge in [0.1, 0.15) is 0 Å². The average Bonchev–Trinajstić information content (AvgIpc) is 2.11. The van der Waals surface area contributed by atoms with E-state index in [4.69, 9.17) is 22.4 Å². The second kappa shape index (κ2) is 9.31. The van der Waals surface area contributed by atoms with E-state index in [1.807, 2.05) is 5.43 Å². The molecule has 1 amide bonds. The monoisotopic (exact) mass is 236 g/mol. The first kappa shape index (κ1) is 16.2. The van der Waals surface area contributed by atoms with Crippen LogP contribution in [-0.4, -0.2) is 28.0 Å². The SMILES string of the molecule is CC(N)=S.NNC(=O)C(N)CCC(=O)O. The highest BCUT2D eigenvalue weighted by Crippen LogP contribution is 1.93. The molecule has 0 saturated carbocycles. The molecule has 8 heteroatoms. The molecule has 0 bridgehead atoms. The number of nitrogens with two attached hydrogens (primary N) is 3. The first-order chi connectivity index (χ1) is 6.81. The lowest BCUT2D eigenvalue weighted by molar-refractivity contribution is -0.137. The van der Waals surface area contributed by atoms with Crippen molar-refractivity contribution in [3.8, 4) is 0 Å². The van der Waals surface area contributed by atoms with Crippen LogP contribution in [0.15, 0.2) is 0 Å². The zero-order valence-electron chi connectivity index (χ0n) is 8.40. The Balaban J connectivity index is 0. The van der Waals surface area contributed by atoms with Crippen molar-refractivity contribution in [1.82, 2.24) is 5.43 Å². The molecule has 0 saturated heterocycles. The highest BCUT2D eigenvalue weighted by atomic mass is 32.1. The van der Waals surface area contributed by atoms with Crippen molar-refractivity contribution < 1.29 is 14.7 Å². The minimum absolute atomic E-state index is 0.0956. The third kappa shape index (κ3) is 15.5. The van der Waals surface area contributed by atoms with Crippen molar-refractivity contribution in [2.24, 2.45) is 17.3 Å². The van der Waals surface area contributed by atoms with E-state index >= 15 is 0 Å². The van der Waals surface area contributed by atoms with E-state index < -0.39 is 17.9 Å². The Morgan fingerprint density at radius 2 is 1.93 bits per heavy atom. The Morgan fingerprint density at radius 3 is 2.20 bits per heavy atom. The third-order valence-electron chi connectivity index (χ3n) is 1.15. The summed E-state index contributed by atoms with van der Waals surface area (Å²) in [5.41, 5.74) is 11.9. The fraction of sp³-hybridized carbons (Fsp3) is 0.571. The number of amides is 1. The second-order valence-corrected chi connectivity index (χ2v) is 3.30. The molecule has 0 fully saturated rings. The van der Waals surface area contributed by atoms with Crippen LogP contribution in [0.4, 0.5) is 0 Å². The first-order valence-electron chi connectivity index (χ1n) is 4.05. The highest BCUT2D eigenvalue weighted by Gasteiger charge is 2.12. The van der Waals surface area contributed by atoms with Gasteiger partial charge >= 0.3 is 5.97 Å². The summed E-state index contributed by atoms with van der Waals surface area (Å²) in [5, 5.41) is 8.20. The molecule has 1 atom stereocenters. The number of rotatable bonds is 4. The summed E-state index contributed by atoms with van der Waals surface area (Å²) in [4.78, 5) is 21.1. The molecule has 0 radical (unpaired) electrons. The lowest BCUT2D eigenvalue weighted by Gasteiger charge is -2.06. The zero-order valence-corrected chi connectivity index (χ0v) is 9.21. The predicted molar refractivity (Wildman–Crippen MR) is 59.6 cm³/mol. The summed E-state index contributed by atoms with van der Waals surface area (Å²) in [6, 6.07) is -0.837. The van der Waals surface area contributed by atoms with E-state index in [0.29, 0.717) is 4.99 Å². The largest absolute Gasteiger partial charge is 0.481 e. The van der Waals surface area contributed by atoms with Crippen LogP contribution in [0.25, 0.3) is 0 Å². The fourth-order valence-corrected chi connectivity index (χ4v) is 0.517. The number of carbonyl (C=O) groups is 2. The molecule has 0 aromatic heterocycles. The Bertz CT molecular complexity index is 230. The zero-order chi connectivity index (χ0) is 12.4. The van der Waals surface area contributed by atoms with Gasteiger partial charge in [-0.1, -0.05) is 12.2 Å². The van der Waals surface area contributed by atoms with Crippen molar-refractivity contribution in [1.29, 1.82) is 0 Å². The molecule has 0 aromatic carbocycles. The van der Waals surface area contributed by atoms with Gasteiger partial charge in [0, 0.05) is 6.42 Å². The average molecular weight is 236 g/mol. The Hall–Kier alpha value is -1.25. The maximum atomic E-state index is 10.6. The maximum Gasteiger partial charge on any atom is 0.303 e. The minimum Gasteiger partial charge on any atom is -0.481 e. The molecule has 8 N–H and O–H groups in total. The second-order valence-electron chi connectivity index (χ2n) is 2.66. The van der Waals surface area contributed by atoms with Crippen LogP contribution < -0.4 is 22.7 Å². The van der Waals surface area contributed by atoms with Crippen molar-refractivity contribution in [3.63, 3.8) is 0 Å². The molecule has 88 valence electrons. The lowest BCUT2D eigenvalue weighted by Crippen LogP contribution is -2.44. The van der Waals surface area contributed by atoms with Crippen LogP contribution in [0.3, 0.4) is 0 Å². The van der Waals surface area contributed by atoms with Gasteiger partial charge in [-0.25, -0.2) is 5.84 Å². The number of carboxylic acids is 1. The molecule has 0 rings (SSSR count). The number of thiocarbonyl (C=S) groups is 1. The standard InChI is InChI=1S/C5H11N3O3.C2H5NS/c6-3(5(11)8-7)1-2-4(9)10;1-2(3)4/h3H,1-2,6-7H2,(H,8,11)(H,9,10);1H3,(H2,3,4). The van der Waals surface area contributed by atoms with E-state index in [0.717, 1.165) is 0 Å². The molecule has 0 aliphatic rings. The van der Waals surface area contributed by atoms with E-state index in [-0.39, 0.29) is 12.8 Å². The molecule has 0 heterocycles. The Morgan fingerprint density at radius 1 is 1.53 bits per heavy atom. The van der Waals surface area contributed by atoms with Gasteiger partial charge in [-0.2, -0.15) is 0 Å². The number of aliphatic carboxylic acids is 1. The van der Waals surface area contributed by atoms with Crippen molar-refractivity contribution in [2.45, 2.75) is 25.8 Å². The number of carbonyl (C=O) groups excluding carboxylic acids is 1. The van der Waals surface area contributed by atoms with Gasteiger partial charge in [-0.15, -0.1) is 0 Å². The molecular formula is C7H16N4O3S. The van der Waals surface area contributed by atoms with Gasteiger partial charge in [0.05, 0.1) is 11.0 Å². The van der Waals surface area contributed by atoms with E-state index in [1.165, 1.54) is 0 Å². The summed E-state index contributed by atoms with van der Waals surface area (Å²) < 4.78 is 0. The van der Waals surface area contributed by atoms with Gasteiger partial charge in [0.25, 0.3) is 5.91 Å². The van der Waals surface area contributed by atoms with Crippen LogP contribution in [0.2, 0.25) is 0 Å². The fourth-order valence-electron chi connectivity index (χ4n) is 0.517. The van der Waals surface area contributed by atoms with Crippen LogP contribution in [0, 0.1) is 0 Å². The molecule has 0 aliphatic carbocycles. The summed E-state index contributed by atoms with van der Waals surface area (Å²) in [6.45, 7) is 1.68. The molecule has 1 unspecified atom stereocenters. The summed E-state index contributed by atoms with van der Waals surface area (Å²) in [5.74, 6) is 3.22. The first-order valence-corrected chi connectivity index (χ1v) is 4.46. The summed E-state index contributed by atoms with van der Waals surface area (Å²) in [6.07, 6.45) is -0.0348. The summed E-state index contributed by atoms with van der Waals surface area (Å²) >= 11 is 4.31. The van der Waals surface area contributed by atoms with Crippen LogP contribution in [0.1, 0.15) is 19.8 Å². The normalized spacial score (nSPS) is 10.6. The highest BCUT2D eigenvalue weighted by molar-refractivity contribution is 7.80. The molecule has 0 spiro atoms. The minimum atomic E-state index is -0.981. The number of nitrogens with one attached hydrogen (secondary N) is 1. The predicted octanol–water partition coefficient (Wildman–Crippen LogP) is -1.54. The lowest BCUT2D eigenvalue weighted by atomic mass is 10.1.